The standard InChI is InChI=1S/C18H30BO3PS3/c1-6-18-11(4)20-14(16(19)21-18)15(18)22-23(24)25-13-9-12(10(2)3)7-8-17(13,5)26-23/h11-16H,2,6-9,19H2,1,3-5H3/t11-,12+,13-,14+,15-,16+,17-,18-,23+/m0/s1. The van der Waals surface area contributed by atoms with Gasteiger partial charge in [0.25, 0.3) is 0 Å². The molecular weight excluding hydrogens is 402 g/mol. The van der Waals surface area contributed by atoms with Crippen molar-refractivity contribution in [3.05, 3.63) is 12.2 Å². The van der Waals surface area contributed by atoms with Crippen LogP contribution in [-0.2, 0) is 25.8 Å². The summed E-state index contributed by atoms with van der Waals surface area (Å²) in [7, 11) is 2.10. The molecule has 2 bridgehead atoms. The summed E-state index contributed by atoms with van der Waals surface area (Å²) in [5.41, 5.74) is 0.994. The van der Waals surface area contributed by atoms with Crippen LogP contribution in [0.2, 0.25) is 0 Å². The van der Waals surface area contributed by atoms with E-state index in [9.17, 15) is 0 Å². The van der Waals surface area contributed by atoms with E-state index in [1.807, 2.05) is 22.8 Å². The fourth-order valence-electron chi connectivity index (χ4n) is 5.16. The maximum Gasteiger partial charge on any atom is 0.175 e. The lowest BCUT2D eigenvalue weighted by atomic mass is 9.79. The Kier molecular flexibility index (Phi) is 5.30. The number of allylic oxidation sites excluding steroid dienone is 1. The molecule has 3 nitrogen and oxygen atoms in total. The van der Waals surface area contributed by atoms with Gasteiger partial charge in [0.05, 0.1) is 12.1 Å². The molecule has 3 aliphatic heterocycles. The number of ether oxygens (including phenoxy) is 2. The van der Waals surface area contributed by atoms with E-state index in [0.29, 0.717) is 11.2 Å². The SMILES string of the molecule is B[C@@H]1O[C@@]2(CC)[C@H](C)O[C@@H]1[C@@H]2O[P@@]1(=S)S[C@H]2C[C@H](C(=C)C)CC[C@]2(C)S1. The Morgan fingerprint density at radius 2 is 2.23 bits per heavy atom. The van der Waals surface area contributed by atoms with Crippen LogP contribution in [0.15, 0.2) is 12.2 Å². The van der Waals surface area contributed by atoms with Crippen LogP contribution in [0.25, 0.3) is 0 Å². The molecule has 0 amide bonds. The van der Waals surface area contributed by atoms with Crippen molar-refractivity contribution >= 4 is 47.1 Å². The first-order valence-electron chi connectivity index (χ1n) is 9.79. The quantitative estimate of drug-likeness (QED) is 0.369. The summed E-state index contributed by atoms with van der Waals surface area (Å²) >= 11 is 10.1. The molecule has 4 aliphatic rings. The summed E-state index contributed by atoms with van der Waals surface area (Å²) in [5, 5.41) is 0.571. The molecule has 8 heteroatoms. The van der Waals surface area contributed by atoms with Gasteiger partial charge in [0.15, 0.2) is 4.67 Å². The third-order valence-corrected chi connectivity index (χ3v) is 17.0. The minimum absolute atomic E-state index is 0.0181. The Hall–Kier alpha value is 1.03. The van der Waals surface area contributed by atoms with Crippen molar-refractivity contribution < 1.29 is 14.0 Å². The molecule has 146 valence electrons. The first-order valence-corrected chi connectivity index (χ1v) is 15.4. The summed E-state index contributed by atoms with van der Waals surface area (Å²) in [4.78, 5) is 0. The van der Waals surface area contributed by atoms with Crippen LogP contribution in [0, 0.1) is 5.92 Å². The van der Waals surface area contributed by atoms with E-state index < -0.39 is 4.67 Å². The van der Waals surface area contributed by atoms with Gasteiger partial charge in [-0.3, -0.25) is 0 Å². The van der Waals surface area contributed by atoms with Gasteiger partial charge in [0, 0.05) is 10.00 Å². The smallest absolute Gasteiger partial charge is 0.175 e. The maximum atomic E-state index is 6.81. The second-order valence-corrected chi connectivity index (χ2v) is 19.6. The summed E-state index contributed by atoms with van der Waals surface area (Å²) in [6.07, 6.45) is 4.61. The Morgan fingerprint density at radius 3 is 2.88 bits per heavy atom. The molecule has 3 saturated heterocycles. The number of fused-ring (bicyclic) bond motifs is 3. The number of hydrogen-bond acceptors (Lipinski definition) is 6. The van der Waals surface area contributed by atoms with Crippen molar-refractivity contribution in [2.45, 2.75) is 93.3 Å². The molecule has 0 radical (unpaired) electrons. The number of hydrogen-bond donors (Lipinski definition) is 0. The van der Waals surface area contributed by atoms with Crippen LogP contribution in [0.5, 0.6) is 0 Å². The Bertz CT molecular complexity index is 664. The van der Waals surface area contributed by atoms with Crippen molar-refractivity contribution in [2.75, 3.05) is 0 Å². The predicted molar refractivity (Wildman–Crippen MR) is 119 cm³/mol. The van der Waals surface area contributed by atoms with Gasteiger partial charge in [0.1, 0.15) is 25.7 Å². The molecule has 26 heavy (non-hydrogen) atoms. The highest BCUT2D eigenvalue weighted by Crippen LogP contribution is 2.85. The van der Waals surface area contributed by atoms with Crippen LogP contribution in [0.1, 0.15) is 53.4 Å². The summed E-state index contributed by atoms with van der Waals surface area (Å²) in [6, 6.07) is 0.0843. The van der Waals surface area contributed by atoms with Crippen molar-refractivity contribution in [3.63, 3.8) is 0 Å². The van der Waals surface area contributed by atoms with E-state index in [0.717, 1.165) is 6.42 Å². The molecule has 4 rings (SSSR count). The van der Waals surface area contributed by atoms with Crippen LogP contribution in [-0.4, -0.2) is 47.8 Å². The van der Waals surface area contributed by atoms with E-state index in [2.05, 4.69) is 42.1 Å². The summed E-state index contributed by atoms with van der Waals surface area (Å²) < 4.78 is 17.6. The van der Waals surface area contributed by atoms with Crippen LogP contribution in [0.3, 0.4) is 0 Å². The molecular formula is C18H30BO3PS3. The Labute approximate surface area is 172 Å². The Balaban J connectivity index is 1.54. The second-order valence-electron chi connectivity index (χ2n) is 8.66. The van der Waals surface area contributed by atoms with Gasteiger partial charge in [0.2, 0.25) is 0 Å². The predicted octanol–water partition coefficient (Wildman–Crippen LogP) is 4.51. The molecule has 3 heterocycles. The lowest BCUT2D eigenvalue weighted by Crippen LogP contribution is -2.46. The van der Waals surface area contributed by atoms with Gasteiger partial charge in [-0.2, -0.15) is 0 Å². The minimum atomic E-state index is -2.01. The first kappa shape index (κ1) is 20.3. The van der Waals surface area contributed by atoms with Gasteiger partial charge < -0.3 is 14.0 Å². The molecule has 0 unspecified atom stereocenters. The van der Waals surface area contributed by atoms with Crippen LogP contribution >= 0.6 is 27.4 Å². The van der Waals surface area contributed by atoms with E-state index in [1.165, 1.54) is 24.8 Å². The van der Waals surface area contributed by atoms with Gasteiger partial charge in [-0.1, -0.05) is 41.8 Å². The fourth-order valence-corrected chi connectivity index (χ4v) is 19.1. The fraction of sp³-hybridized carbons (Fsp3) is 0.889. The maximum absolute atomic E-state index is 6.81. The van der Waals surface area contributed by atoms with Gasteiger partial charge in [-0.05, 0) is 64.2 Å². The van der Waals surface area contributed by atoms with Gasteiger partial charge in [-0.15, -0.1) is 0 Å². The highest BCUT2D eigenvalue weighted by molar-refractivity contribution is 9.01. The van der Waals surface area contributed by atoms with Crippen molar-refractivity contribution in [1.82, 2.24) is 0 Å². The van der Waals surface area contributed by atoms with Crippen molar-refractivity contribution in [3.8, 4) is 0 Å². The average Bonchev–Trinajstić information content (AvgIpc) is 3.08. The molecule has 0 spiro atoms. The number of rotatable bonds is 4. The molecule has 4 fully saturated rings. The molecule has 0 aromatic rings. The molecule has 1 saturated carbocycles. The summed E-state index contributed by atoms with van der Waals surface area (Å²) in [6.45, 7) is 13.1. The Morgan fingerprint density at radius 1 is 1.50 bits per heavy atom. The average molecular weight is 432 g/mol. The van der Waals surface area contributed by atoms with E-state index in [1.54, 1.807) is 0 Å². The normalized spacial score (nSPS) is 55.8. The second kappa shape index (κ2) is 6.79. The molecule has 0 N–H and O–H groups in total. The van der Waals surface area contributed by atoms with Crippen LogP contribution < -0.4 is 0 Å². The monoisotopic (exact) mass is 432 g/mol. The zero-order chi connectivity index (χ0) is 18.9. The highest BCUT2D eigenvalue weighted by atomic mass is 33.2. The van der Waals surface area contributed by atoms with Crippen molar-refractivity contribution in [2.24, 2.45) is 5.92 Å². The van der Waals surface area contributed by atoms with E-state index >= 15 is 0 Å². The molecule has 0 aromatic heterocycles. The van der Waals surface area contributed by atoms with Gasteiger partial charge >= 0.3 is 0 Å². The lowest BCUT2D eigenvalue weighted by Gasteiger charge is -2.38. The summed E-state index contributed by atoms with van der Waals surface area (Å²) in [5.74, 6) is 0.638. The lowest BCUT2D eigenvalue weighted by molar-refractivity contribution is -0.157. The van der Waals surface area contributed by atoms with E-state index in [4.69, 9.17) is 25.8 Å². The largest absolute Gasteiger partial charge is 0.373 e. The van der Waals surface area contributed by atoms with Crippen LogP contribution in [0.4, 0.5) is 0 Å². The third-order valence-electron chi connectivity index (χ3n) is 6.94. The minimum Gasteiger partial charge on any atom is -0.373 e. The molecule has 0 aromatic carbocycles. The third kappa shape index (κ3) is 3.03. The topological polar surface area (TPSA) is 27.7 Å². The van der Waals surface area contributed by atoms with Crippen molar-refractivity contribution in [1.29, 1.82) is 0 Å². The molecule has 9 atom stereocenters. The first-order chi connectivity index (χ1) is 12.1. The zero-order valence-electron chi connectivity index (χ0n) is 16.4. The van der Waals surface area contributed by atoms with E-state index in [-0.39, 0.29) is 34.7 Å². The zero-order valence-corrected chi connectivity index (χ0v) is 19.7. The highest BCUT2D eigenvalue weighted by Gasteiger charge is 2.65. The molecule has 1 aliphatic carbocycles. The van der Waals surface area contributed by atoms with Gasteiger partial charge in [-0.25, -0.2) is 0 Å².